The number of aromatic nitrogens is 2. The Hall–Kier alpha value is -2.50. The van der Waals surface area contributed by atoms with Crippen LogP contribution in [0.25, 0.3) is 0 Å². The predicted molar refractivity (Wildman–Crippen MR) is 98.1 cm³/mol. The largest absolute Gasteiger partial charge is 0.493 e. The Morgan fingerprint density at radius 1 is 1.19 bits per heavy atom. The van der Waals surface area contributed by atoms with Gasteiger partial charge in [0.2, 0.25) is 0 Å². The van der Waals surface area contributed by atoms with Crippen molar-refractivity contribution in [2.45, 2.75) is 44.1 Å². The van der Waals surface area contributed by atoms with Gasteiger partial charge in [0.15, 0.2) is 11.5 Å². The van der Waals surface area contributed by atoms with Crippen LogP contribution >= 0.6 is 0 Å². The third-order valence-corrected chi connectivity index (χ3v) is 5.08. The molecular weight excluding hydrogens is 330 g/mol. The van der Waals surface area contributed by atoms with Gasteiger partial charge in [-0.25, -0.2) is 0 Å². The van der Waals surface area contributed by atoms with Gasteiger partial charge in [-0.15, -0.1) is 0 Å². The summed E-state index contributed by atoms with van der Waals surface area (Å²) in [7, 11) is 3.10. The Morgan fingerprint density at radius 3 is 2.62 bits per heavy atom. The van der Waals surface area contributed by atoms with Crippen LogP contribution in [0, 0.1) is 0 Å². The molecule has 1 N–H and O–H groups in total. The second-order valence-corrected chi connectivity index (χ2v) is 7.06. The summed E-state index contributed by atoms with van der Waals surface area (Å²) in [5.74, 6) is 2.16. The fourth-order valence-corrected chi connectivity index (χ4v) is 3.35. The molecule has 26 heavy (non-hydrogen) atoms. The molecule has 2 aliphatic rings. The van der Waals surface area contributed by atoms with Gasteiger partial charge >= 0.3 is 0 Å². The molecule has 0 atom stereocenters. The molecule has 2 saturated carbocycles. The van der Waals surface area contributed by atoms with Crippen molar-refractivity contribution in [3.8, 4) is 11.5 Å². The van der Waals surface area contributed by atoms with Crippen LogP contribution in [0.1, 0.15) is 59.3 Å². The molecule has 2 aromatic rings. The van der Waals surface area contributed by atoms with Crippen molar-refractivity contribution in [3.63, 3.8) is 0 Å². The highest BCUT2D eigenvalue weighted by Gasteiger charge is 2.32. The number of nitrogens with zero attached hydrogens (tertiary/aromatic N) is 2. The Balaban J connectivity index is 1.41. The number of methoxy groups -OCH3 is 2. The number of carbonyl (C=O) groups is 1. The van der Waals surface area contributed by atoms with Gasteiger partial charge < -0.3 is 14.8 Å². The summed E-state index contributed by atoms with van der Waals surface area (Å²) in [5, 5.41) is 7.76. The molecule has 0 saturated heterocycles. The fraction of sp³-hybridized carbons (Fsp3) is 0.500. The van der Waals surface area contributed by atoms with Gasteiger partial charge in [0, 0.05) is 24.1 Å². The Kier molecular flexibility index (Phi) is 4.57. The zero-order valence-electron chi connectivity index (χ0n) is 15.3. The van der Waals surface area contributed by atoms with Crippen LogP contribution in [0.5, 0.6) is 11.5 Å². The first kappa shape index (κ1) is 16.9. The van der Waals surface area contributed by atoms with E-state index in [-0.39, 0.29) is 5.91 Å². The van der Waals surface area contributed by atoms with Crippen LogP contribution in [0.15, 0.2) is 24.3 Å². The van der Waals surface area contributed by atoms with Crippen molar-refractivity contribution in [2.24, 2.45) is 0 Å². The van der Waals surface area contributed by atoms with Crippen molar-refractivity contribution in [3.05, 3.63) is 41.2 Å². The monoisotopic (exact) mass is 355 g/mol. The van der Waals surface area contributed by atoms with E-state index < -0.39 is 0 Å². The van der Waals surface area contributed by atoms with E-state index in [1.165, 1.54) is 37.1 Å². The second kappa shape index (κ2) is 7.02. The maximum atomic E-state index is 12.6. The van der Waals surface area contributed by atoms with Gasteiger partial charge in [0.05, 0.1) is 32.0 Å². The summed E-state index contributed by atoms with van der Waals surface area (Å²) in [5.41, 5.74) is 3.04. The molecule has 4 rings (SSSR count). The van der Waals surface area contributed by atoms with Crippen LogP contribution in [-0.4, -0.2) is 36.5 Å². The maximum Gasteiger partial charge on any atom is 0.255 e. The lowest BCUT2D eigenvalue weighted by molar-refractivity contribution is 0.0948. The average molecular weight is 355 g/mol. The molecule has 2 fully saturated rings. The highest BCUT2D eigenvalue weighted by molar-refractivity contribution is 5.97. The van der Waals surface area contributed by atoms with Gasteiger partial charge in [-0.05, 0) is 43.9 Å². The minimum absolute atomic E-state index is 0.164. The Labute approximate surface area is 153 Å². The average Bonchev–Trinajstić information content (AvgIpc) is 3.59. The van der Waals surface area contributed by atoms with Crippen molar-refractivity contribution < 1.29 is 14.3 Å². The van der Waals surface area contributed by atoms with Crippen LogP contribution in [-0.2, 0) is 6.54 Å². The molecule has 0 spiro atoms. The van der Waals surface area contributed by atoms with Crippen molar-refractivity contribution in [1.82, 2.24) is 15.1 Å². The summed E-state index contributed by atoms with van der Waals surface area (Å²) in [6.45, 7) is 1.22. The predicted octanol–water partition coefficient (Wildman–Crippen LogP) is 3.09. The number of hydrogen-bond donors (Lipinski definition) is 1. The zero-order valence-corrected chi connectivity index (χ0v) is 15.3. The third kappa shape index (κ3) is 3.41. The third-order valence-electron chi connectivity index (χ3n) is 5.08. The number of benzene rings is 1. The van der Waals surface area contributed by atoms with E-state index in [2.05, 4.69) is 16.1 Å². The minimum Gasteiger partial charge on any atom is -0.493 e. The molecule has 0 aliphatic heterocycles. The van der Waals surface area contributed by atoms with Gasteiger partial charge in [-0.3, -0.25) is 9.48 Å². The number of amides is 1. The van der Waals surface area contributed by atoms with Crippen LogP contribution in [0.4, 0.5) is 0 Å². The summed E-state index contributed by atoms with van der Waals surface area (Å²) < 4.78 is 12.7. The number of carbonyl (C=O) groups excluding carboxylic acids is 1. The van der Waals surface area contributed by atoms with E-state index in [0.717, 1.165) is 0 Å². The number of para-hydroxylation sites is 1. The molecule has 1 amide bonds. The Morgan fingerprint density at radius 2 is 1.96 bits per heavy atom. The summed E-state index contributed by atoms with van der Waals surface area (Å²) in [6, 6.07) is 7.59. The smallest absolute Gasteiger partial charge is 0.255 e. The molecule has 0 unspecified atom stereocenters. The number of hydrogen-bond acceptors (Lipinski definition) is 4. The summed E-state index contributed by atoms with van der Waals surface area (Å²) in [4.78, 5) is 12.6. The molecule has 1 aromatic carbocycles. The highest BCUT2D eigenvalue weighted by Crippen LogP contribution is 2.44. The first-order valence-electron chi connectivity index (χ1n) is 9.28. The maximum absolute atomic E-state index is 12.6. The molecule has 0 radical (unpaired) electrons. The van der Waals surface area contributed by atoms with Crippen molar-refractivity contribution >= 4 is 5.91 Å². The molecule has 1 aromatic heterocycles. The molecule has 6 nitrogen and oxygen atoms in total. The lowest BCUT2D eigenvalue weighted by atomic mass is 10.1. The number of rotatable bonds is 8. The summed E-state index contributed by atoms with van der Waals surface area (Å²) >= 11 is 0. The SMILES string of the molecule is COc1cccc(C(=O)NCCn2nc(C3CC3)cc2C2CC2)c1OC. The molecule has 6 heteroatoms. The summed E-state index contributed by atoms with van der Waals surface area (Å²) in [6.07, 6.45) is 5.02. The van der Waals surface area contributed by atoms with E-state index >= 15 is 0 Å². The molecule has 1 heterocycles. The minimum atomic E-state index is -0.164. The normalized spacial score (nSPS) is 16.4. The van der Waals surface area contributed by atoms with Crippen molar-refractivity contribution in [2.75, 3.05) is 20.8 Å². The van der Waals surface area contributed by atoms with Crippen LogP contribution < -0.4 is 14.8 Å². The first-order chi connectivity index (χ1) is 12.7. The number of nitrogens with one attached hydrogen (secondary N) is 1. The molecular formula is C20H25N3O3. The topological polar surface area (TPSA) is 65.4 Å². The van der Waals surface area contributed by atoms with Gasteiger partial charge in [-0.2, -0.15) is 5.10 Å². The number of ether oxygens (including phenoxy) is 2. The van der Waals surface area contributed by atoms with E-state index in [1.807, 2.05) is 0 Å². The second-order valence-electron chi connectivity index (χ2n) is 7.06. The molecule has 138 valence electrons. The zero-order chi connectivity index (χ0) is 18.1. The van der Waals surface area contributed by atoms with Gasteiger partial charge in [0.1, 0.15) is 0 Å². The molecule has 2 aliphatic carbocycles. The fourth-order valence-electron chi connectivity index (χ4n) is 3.35. The van der Waals surface area contributed by atoms with E-state index in [9.17, 15) is 4.79 Å². The van der Waals surface area contributed by atoms with E-state index in [0.29, 0.717) is 42.0 Å². The van der Waals surface area contributed by atoms with Gasteiger partial charge in [0.25, 0.3) is 5.91 Å². The molecule has 0 bridgehead atoms. The van der Waals surface area contributed by atoms with Crippen molar-refractivity contribution in [1.29, 1.82) is 0 Å². The Bertz CT molecular complexity index is 807. The lowest BCUT2D eigenvalue weighted by Crippen LogP contribution is -2.28. The van der Waals surface area contributed by atoms with E-state index in [4.69, 9.17) is 14.6 Å². The van der Waals surface area contributed by atoms with Crippen LogP contribution in [0.3, 0.4) is 0 Å². The first-order valence-corrected chi connectivity index (χ1v) is 9.28. The quantitative estimate of drug-likeness (QED) is 0.790. The van der Waals surface area contributed by atoms with Crippen LogP contribution in [0.2, 0.25) is 0 Å². The standard InChI is InChI=1S/C20H25N3O3/c1-25-18-5-3-4-15(19(18)26-2)20(24)21-10-11-23-17(14-8-9-14)12-16(22-23)13-6-7-13/h3-5,12-14H,6-11H2,1-2H3,(H,21,24). The lowest BCUT2D eigenvalue weighted by Gasteiger charge is -2.13. The van der Waals surface area contributed by atoms with E-state index in [1.54, 1.807) is 32.4 Å². The highest BCUT2D eigenvalue weighted by atomic mass is 16.5. The van der Waals surface area contributed by atoms with Gasteiger partial charge in [-0.1, -0.05) is 6.07 Å².